The van der Waals surface area contributed by atoms with Crippen molar-refractivity contribution in [1.82, 2.24) is 10.2 Å². The molecule has 1 aliphatic heterocycles. The Morgan fingerprint density at radius 3 is 2.33 bits per heavy atom. The lowest BCUT2D eigenvalue weighted by Crippen LogP contribution is -2.45. The highest BCUT2D eigenvalue weighted by Crippen LogP contribution is 2.09. The first kappa shape index (κ1) is 12.9. The molecular weight excluding hydrogens is 188 g/mol. The fraction of sp³-hybridized carbons (Fsp3) is 1.00. The Kier molecular flexibility index (Phi) is 5.03. The largest absolute Gasteiger partial charge is 0.390 e. The summed E-state index contributed by atoms with van der Waals surface area (Å²) in [7, 11) is 0. The molecule has 15 heavy (non-hydrogen) atoms. The third-order valence-electron chi connectivity index (χ3n) is 2.79. The third kappa shape index (κ3) is 6.13. The maximum Gasteiger partial charge on any atom is 0.0791 e. The van der Waals surface area contributed by atoms with Gasteiger partial charge in [-0.3, -0.25) is 0 Å². The molecule has 0 saturated carbocycles. The highest BCUT2D eigenvalue weighted by atomic mass is 16.3. The molecule has 0 aromatic rings. The van der Waals surface area contributed by atoms with Crippen LogP contribution in [0.15, 0.2) is 0 Å². The van der Waals surface area contributed by atoms with Gasteiger partial charge in [0.1, 0.15) is 0 Å². The van der Waals surface area contributed by atoms with Crippen molar-refractivity contribution in [3.63, 3.8) is 0 Å². The SMILES string of the molecule is CC(C)(C)NCC(O)CN1CCCCC1. The van der Waals surface area contributed by atoms with Gasteiger partial charge in [0, 0.05) is 18.6 Å². The Bertz CT molecular complexity index is 171. The van der Waals surface area contributed by atoms with Crippen molar-refractivity contribution < 1.29 is 5.11 Å². The van der Waals surface area contributed by atoms with E-state index in [0.29, 0.717) is 6.54 Å². The Labute approximate surface area is 93.9 Å². The molecule has 1 saturated heterocycles. The number of nitrogens with one attached hydrogen (secondary N) is 1. The van der Waals surface area contributed by atoms with Crippen LogP contribution in [0.25, 0.3) is 0 Å². The summed E-state index contributed by atoms with van der Waals surface area (Å²) in [5, 5.41) is 13.2. The molecule has 0 amide bonds. The monoisotopic (exact) mass is 214 g/mol. The minimum absolute atomic E-state index is 0.100. The summed E-state index contributed by atoms with van der Waals surface area (Å²) in [6, 6.07) is 0. The molecule has 0 aliphatic carbocycles. The number of hydrogen-bond donors (Lipinski definition) is 2. The molecule has 1 heterocycles. The fourth-order valence-corrected chi connectivity index (χ4v) is 1.93. The number of nitrogens with zero attached hydrogens (tertiary/aromatic N) is 1. The summed E-state index contributed by atoms with van der Waals surface area (Å²) >= 11 is 0. The normalized spacial score (nSPS) is 21.6. The van der Waals surface area contributed by atoms with E-state index in [9.17, 15) is 5.11 Å². The van der Waals surface area contributed by atoms with E-state index in [4.69, 9.17) is 0 Å². The van der Waals surface area contributed by atoms with E-state index in [1.54, 1.807) is 0 Å². The molecule has 0 bridgehead atoms. The molecule has 3 heteroatoms. The maximum absolute atomic E-state index is 9.86. The van der Waals surface area contributed by atoms with Crippen molar-refractivity contribution in [2.45, 2.75) is 51.7 Å². The van der Waals surface area contributed by atoms with Crippen LogP contribution in [0.4, 0.5) is 0 Å². The summed E-state index contributed by atoms with van der Waals surface area (Å²) in [6.07, 6.45) is 3.70. The van der Waals surface area contributed by atoms with E-state index in [2.05, 4.69) is 31.0 Å². The minimum atomic E-state index is -0.234. The topological polar surface area (TPSA) is 35.5 Å². The zero-order chi connectivity index (χ0) is 11.3. The second-order valence-corrected chi connectivity index (χ2v) is 5.65. The van der Waals surface area contributed by atoms with Crippen LogP contribution in [0.3, 0.4) is 0 Å². The predicted molar refractivity (Wildman–Crippen MR) is 64.1 cm³/mol. The van der Waals surface area contributed by atoms with Gasteiger partial charge in [-0.05, 0) is 46.7 Å². The number of aliphatic hydroxyl groups is 1. The molecule has 0 aromatic carbocycles. The van der Waals surface area contributed by atoms with Crippen molar-refractivity contribution >= 4 is 0 Å². The second kappa shape index (κ2) is 5.83. The second-order valence-electron chi connectivity index (χ2n) is 5.65. The lowest BCUT2D eigenvalue weighted by molar-refractivity contribution is 0.0950. The first-order valence-corrected chi connectivity index (χ1v) is 6.13. The van der Waals surface area contributed by atoms with Gasteiger partial charge < -0.3 is 15.3 Å². The highest BCUT2D eigenvalue weighted by molar-refractivity contribution is 4.75. The van der Waals surface area contributed by atoms with Crippen LogP contribution in [0.5, 0.6) is 0 Å². The van der Waals surface area contributed by atoms with Crippen molar-refractivity contribution in [3.8, 4) is 0 Å². The first-order chi connectivity index (χ1) is 6.97. The van der Waals surface area contributed by atoms with Gasteiger partial charge in [-0.1, -0.05) is 6.42 Å². The van der Waals surface area contributed by atoms with Crippen LogP contribution < -0.4 is 5.32 Å². The molecule has 1 atom stereocenters. The summed E-state index contributed by atoms with van der Waals surface area (Å²) in [4.78, 5) is 2.37. The zero-order valence-electron chi connectivity index (χ0n) is 10.4. The lowest BCUT2D eigenvalue weighted by atomic mass is 10.1. The molecule has 1 fully saturated rings. The molecule has 1 rings (SSSR count). The lowest BCUT2D eigenvalue weighted by Gasteiger charge is -2.30. The average molecular weight is 214 g/mol. The van der Waals surface area contributed by atoms with Crippen LogP contribution in [0.1, 0.15) is 40.0 Å². The van der Waals surface area contributed by atoms with Gasteiger partial charge in [0.2, 0.25) is 0 Å². The number of aliphatic hydroxyl groups excluding tert-OH is 1. The van der Waals surface area contributed by atoms with E-state index in [0.717, 1.165) is 19.6 Å². The van der Waals surface area contributed by atoms with Crippen molar-refractivity contribution in [3.05, 3.63) is 0 Å². The molecule has 1 unspecified atom stereocenters. The van der Waals surface area contributed by atoms with E-state index < -0.39 is 0 Å². The van der Waals surface area contributed by atoms with Gasteiger partial charge in [-0.2, -0.15) is 0 Å². The molecule has 3 nitrogen and oxygen atoms in total. The van der Waals surface area contributed by atoms with Gasteiger partial charge in [0.25, 0.3) is 0 Å². The van der Waals surface area contributed by atoms with Gasteiger partial charge in [-0.15, -0.1) is 0 Å². The van der Waals surface area contributed by atoms with Gasteiger partial charge in [-0.25, -0.2) is 0 Å². The number of hydrogen-bond acceptors (Lipinski definition) is 3. The highest BCUT2D eigenvalue weighted by Gasteiger charge is 2.16. The number of piperidine rings is 1. The average Bonchev–Trinajstić information content (AvgIpc) is 2.15. The van der Waals surface area contributed by atoms with Crippen LogP contribution >= 0.6 is 0 Å². The van der Waals surface area contributed by atoms with Crippen molar-refractivity contribution in [1.29, 1.82) is 0 Å². The van der Waals surface area contributed by atoms with E-state index >= 15 is 0 Å². The Morgan fingerprint density at radius 2 is 1.80 bits per heavy atom. The molecule has 0 spiro atoms. The third-order valence-corrected chi connectivity index (χ3v) is 2.79. The van der Waals surface area contributed by atoms with Crippen molar-refractivity contribution in [2.24, 2.45) is 0 Å². The standard InChI is InChI=1S/C12H26N2O/c1-12(2,3)13-9-11(15)10-14-7-5-4-6-8-14/h11,13,15H,4-10H2,1-3H3. The van der Waals surface area contributed by atoms with Gasteiger partial charge in [0.15, 0.2) is 0 Å². The molecule has 1 aliphatic rings. The summed E-state index contributed by atoms with van der Waals surface area (Å²) in [6.45, 7) is 10.2. The summed E-state index contributed by atoms with van der Waals surface area (Å²) in [5.74, 6) is 0. The predicted octanol–water partition coefficient (Wildman–Crippen LogP) is 1.22. The van der Waals surface area contributed by atoms with Gasteiger partial charge in [0.05, 0.1) is 6.10 Å². The van der Waals surface area contributed by atoms with Crippen LogP contribution in [0, 0.1) is 0 Å². The molecule has 90 valence electrons. The minimum Gasteiger partial charge on any atom is -0.390 e. The Hall–Kier alpha value is -0.120. The summed E-state index contributed by atoms with van der Waals surface area (Å²) < 4.78 is 0. The Balaban J connectivity index is 2.14. The molecule has 2 N–H and O–H groups in total. The zero-order valence-corrected chi connectivity index (χ0v) is 10.4. The van der Waals surface area contributed by atoms with E-state index in [1.807, 2.05) is 0 Å². The number of likely N-dealkylation sites (tertiary alicyclic amines) is 1. The Morgan fingerprint density at radius 1 is 1.20 bits per heavy atom. The first-order valence-electron chi connectivity index (χ1n) is 6.13. The quantitative estimate of drug-likeness (QED) is 0.738. The molecule has 0 aromatic heterocycles. The number of rotatable bonds is 4. The van der Waals surface area contributed by atoms with Crippen LogP contribution in [-0.4, -0.2) is 47.8 Å². The van der Waals surface area contributed by atoms with Crippen LogP contribution in [0.2, 0.25) is 0 Å². The fourth-order valence-electron chi connectivity index (χ4n) is 1.93. The maximum atomic E-state index is 9.86. The van der Waals surface area contributed by atoms with Crippen molar-refractivity contribution in [2.75, 3.05) is 26.2 Å². The smallest absolute Gasteiger partial charge is 0.0791 e. The van der Waals surface area contributed by atoms with Gasteiger partial charge >= 0.3 is 0 Å². The summed E-state index contributed by atoms with van der Waals surface area (Å²) in [5.41, 5.74) is 0.100. The molecular formula is C12H26N2O. The van der Waals surface area contributed by atoms with E-state index in [-0.39, 0.29) is 11.6 Å². The molecule has 0 radical (unpaired) electrons. The van der Waals surface area contributed by atoms with Crippen LogP contribution in [-0.2, 0) is 0 Å². The van der Waals surface area contributed by atoms with E-state index in [1.165, 1.54) is 19.3 Å². The number of β-amino-alcohol motifs (C(OH)–C–C–N with tert-alkyl or cyclic N) is 1.